The molecule has 0 saturated heterocycles. The molecule has 3 amide bonds. The number of carbonyl (C=O) groups excluding carboxylic acids is 3. The van der Waals surface area contributed by atoms with Gasteiger partial charge in [-0.15, -0.1) is 0 Å². The molecule has 8 nitrogen and oxygen atoms in total. The van der Waals surface area contributed by atoms with E-state index in [4.69, 9.17) is 0 Å². The lowest BCUT2D eigenvalue weighted by molar-refractivity contribution is -0.130. The van der Waals surface area contributed by atoms with Gasteiger partial charge in [0.2, 0.25) is 18.0 Å². The summed E-state index contributed by atoms with van der Waals surface area (Å²) in [5.74, 6) is -0.522. The Morgan fingerprint density at radius 3 is 2.52 bits per heavy atom. The van der Waals surface area contributed by atoms with Gasteiger partial charge in [0.05, 0.1) is 17.1 Å². The first-order valence-electron chi connectivity index (χ1n) is 11.2. The molecule has 2 heterocycles. The molecule has 0 radical (unpaired) electrons. The van der Waals surface area contributed by atoms with Crippen molar-refractivity contribution < 1.29 is 14.4 Å². The minimum Gasteiger partial charge on any atom is -0.345 e. The molecular weight excluding hydrogens is 418 g/mol. The number of anilines is 1. The summed E-state index contributed by atoms with van der Waals surface area (Å²) >= 11 is 0. The maximum absolute atomic E-state index is 13.2. The van der Waals surface area contributed by atoms with Crippen molar-refractivity contribution in [2.75, 3.05) is 11.9 Å². The zero-order valence-corrected chi connectivity index (χ0v) is 19.5. The Morgan fingerprint density at radius 1 is 1.09 bits per heavy atom. The molecule has 1 aliphatic heterocycles. The lowest BCUT2D eigenvalue weighted by Gasteiger charge is -2.22. The van der Waals surface area contributed by atoms with Gasteiger partial charge in [-0.1, -0.05) is 44.5 Å². The predicted molar refractivity (Wildman–Crippen MR) is 128 cm³/mol. The summed E-state index contributed by atoms with van der Waals surface area (Å²) in [7, 11) is 1.65. The Hall–Kier alpha value is -3.55. The largest absolute Gasteiger partial charge is 0.345 e. The molecule has 8 heteroatoms. The molecule has 174 valence electrons. The maximum Gasteiger partial charge on any atom is 0.272 e. The van der Waals surface area contributed by atoms with E-state index in [9.17, 15) is 14.4 Å². The van der Waals surface area contributed by atoms with E-state index in [1.807, 2.05) is 36.4 Å². The molecule has 0 fully saturated rings. The first-order valence-corrected chi connectivity index (χ1v) is 11.2. The second-order valence-corrected chi connectivity index (χ2v) is 8.59. The summed E-state index contributed by atoms with van der Waals surface area (Å²) in [5.41, 5.74) is 2.53. The van der Waals surface area contributed by atoms with Crippen LogP contribution in [0.4, 0.5) is 5.69 Å². The van der Waals surface area contributed by atoms with Gasteiger partial charge in [0.1, 0.15) is 6.04 Å². The molecule has 0 saturated carbocycles. The first kappa shape index (κ1) is 24.1. The van der Waals surface area contributed by atoms with Crippen molar-refractivity contribution in [3.63, 3.8) is 0 Å². The van der Waals surface area contributed by atoms with Crippen molar-refractivity contribution in [3.05, 3.63) is 59.9 Å². The van der Waals surface area contributed by atoms with E-state index in [1.54, 1.807) is 26.2 Å². The van der Waals surface area contributed by atoms with Crippen LogP contribution >= 0.6 is 0 Å². The number of aromatic nitrogens is 1. The van der Waals surface area contributed by atoms with Crippen LogP contribution in [0, 0.1) is 5.92 Å². The van der Waals surface area contributed by atoms with Gasteiger partial charge in [-0.2, -0.15) is 0 Å². The van der Waals surface area contributed by atoms with Crippen molar-refractivity contribution in [1.29, 1.82) is 0 Å². The highest BCUT2D eigenvalue weighted by Gasteiger charge is 2.32. The van der Waals surface area contributed by atoms with E-state index in [1.165, 1.54) is 4.90 Å². The van der Waals surface area contributed by atoms with E-state index in [-0.39, 0.29) is 11.8 Å². The number of fused-ring (bicyclic) bond motifs is 1. The molecule has 1 aliphatic rings. The fraction of sp³-hybridized carbons (Fsp3) is 0.400. The molecule has 33 heavy (non-hydrogen) atoms. The Kier molecular flexibility index (Phi) is 7.92. The van der Waals surface area contributed by atoms with Crippen molar-refractivity contribution in [3.8, 4) is 0 Å². The number of carbonyl (C=O) groups is 3. The lowest BCUT2D eigenvalue weighted by atomic mass is 10.0. The molecular formula is C25H31N5O3. The van der Waals surface area contributed by atoms with Crippen LogP contribution in [0.5, 0.6) is 0 Å². The number of rotatable bonds is 8. The average molecular weight is 450 g/mol. The Balaban J connectivity index is 1.80. The van der Waals surface area contributed by atoms with E-state index >= 15 is 0 Å². The maximum atomic E-state index is 13.2. The number of aliphatic imine (C=N–C) groups is 1. The Morgan fingerprint density at radius 2 is 1.82 bits per heavy atom. The van der Waals surface area contributed by atoms with Gasteiger partial charge >= 0.3 is 0 Å². The van der Waals surface area contributed by atoms with E-state index < -0.39 is 18.1 Å². The smallest absolute Gasteiger partial charge is 0.272 e. The number of nitrogens with zero attached hydrogens (tertiary/aromatic N) is 3. The predicted octanol–water partition coefficient (Wildman–Crippen LogP) is 2.67. The standard InChI is InChI=1S/C25H31N5O3/c1-16(2)10-9-14-21(31)27-17(3)24(32)29-23-25(33)30(4)20-13-6-5-11-18(20)22(28-23)19-12-7-8-15-26-19/h5-8,11-13,15-17,23H,9-10,14H2,1-4H3,(H,27,31)(H,29,32)/t17-,23?/m0/s1. The highest BCUT2D eigenvalue weighted by atomic mass is 16.2. The molecule has 2 N–H and O–H groups in total. The zero-order valence-electron chi connectivity index (χ0n) is 19.5. The lowest BCUT2D eigenvalue weighted by Crippen LogP contribution is -2.52. The Bertz CT molecular complexity index is 1040. The molecule has 0 bridgehead atoms. The zero-order chi connectivity index (χ0) is 24.0. The fourth-order valence-corrected chi connectivity index (χ4v) is 3.63. The topological polar surface area (TPSA) is 104 Å². The minimum absolute atomic E-state index is 0.187. The number of benzene rings is 1. The number of hydrogen-bond acceptors (Lipinski definition) is 5. The van der Waals surface area contributed by atoms with Crippen LogP contribution in [0.3, 0.4) is 0 Å². The molecule has 0 aliphatic carbocycles. The first-order chi connectivity index (χ1) is 15.8. The summed E-state index contributed by atoms with van der Waals surface area (Å²) < 4.78 is 0. The van der Waals surface area contributed by atoms with Crippen molar-refractivity contribution in [1.82, 2.24) is 15.6 Å². The van der Waals surface area contributed by atoms with Crippen molar-refractivity contribution in [2.45, 2.75) is 52.2 Å². The van der Waals surface area contributed by atoms with Crippen LogP contribution in [-0.2, 0) is 14.4 Å². The van der Waals surface area contributed by atoms with Crippen LogP contribution in [-0.4, -0.2) is 47.7 Å². The van der Waals surface area contributed by atoms with E-state index in [0.717, 1.165) is 18.4 Å². The molecule has 1 aromatic carbocycles. The summed E-state index contributed by atoms with van der Waals surface area (Å²) in [5, 5.41) is 5.40. The van der Waals surface area contributed by atoms with Gasteiger partial charge in [0.15, 0.2) is 0 Å². The highest BCUT2D eigenvalue weighted by molar-refractivity contribution is 6.19. The molecule has 3 rings (SSSR count). The third kappa shape index (κ3) is 6.03. The summed E-state index contributed by atoms with van der Waals surface area (Å²) in [6, 6.07) is 12.1. The van der Waals surface area contributed by atoms with Crippen LogP contribution in [0.25, 0.3) is 0 Å². The van der Waals surface area contributed by atoms with Gasteiger partial charge in [0, 0.05) is 25.2 Å². The second kappa shape index (κ2) is 10.8. The van der Waals surface area contributed by atoms with E-state index in [0.29, 0.717) is 29.4 Å². The van der Waals surface area contributed by atoms with Gasteiger partial charge in [0.25, 0.3) is 5.91 Å². The SMILES string of the molecule is CC(C)CCCC(=O)N[C@@H](C)C(=O)NC1N=C(c2ccccn2)c2ccccc2N(C)C1=O. The second-order valence-electron chi connectivity index (χ2n) is 8.59. The van der Waals surface area contributed by atoms with Crippen LogP contribution in [0.15, 0.2) is 53.7 Å². The third-order valence-corrected chi connectivity index (χ3v) is 5.49. The number of likely N-dealkylation sites (N-methyl/N-ethyl adjacent to an activating group) is 1. The van der Waals surface area contributed by atoms with Crippen molar-refractivity contribution in [2.24, 2.45) is 10.9 Å². The monoisotopic (exact) mass is 449 g/mol. The van der Waals surface area contributed by atoms with Crippen LogP contribution in [0.2, 0.25) is 0 Å². The molecule has 2 aromatic rings. The number of amides is 3. The molecule has 1 unspecified atom stereocenters. The normalized spacial score (nSPS) is 16.5. The number of pyridine rings is 1. The van der Waals surface area contributed by atoms with Crippen LogP contribution in [0.1, 0.15) is 51.3 Å². The molecule has 1 aromatic heterocycles. The Labute approximate surface area is 194 Å². The average Bonchev–Trinajstić information content (AvgIpc) is 2.90. The minimum atomic E-state index is -1.15. The van der Waals surface area contributed by atoms with Gasteiger partial charge < -0.3 is 15.5 Å². The number of para-hydroxylation sites is 1. The summed E-state index contributed by atoms with van der Waals surface area (Å²) in [6.45, 7) is 5.80. The quantitative estimate of drug-likeness (QED) is 0.647. The summed E-state index contributed by atoms with van der Waals surface area (Å²) in [4.78, 5) is 48.7. The summed E-state index contributed by atoms with van der Waals surface area (Å²) in [6.07, 6.45) is 2.58. The van der Waals surface area contributed by atoms with Crippen LogP contribution < -0.4 is 15.5 Å². The fourth-order valence-electron chi connectivity index (χ4n) is 3.63. The van der Waals surface area contributed by atoms with Crippen molar-refractivity contribution >= 4 is 29.1 Å². The molecule has 2 atom stereocenters. The van der Waals surface area contributed by atoms with E-state index in [2.05, 4.69) is 34.5 Å². The third-order valence-electron chi connectivity index (χ3n) is 5.49. The van der Waals surface area contributed by atoms with Gasteiger partial charge in [-0.25, -0.2) is 4.99 Å². The molecule has 0 spiro atoms. The number of hydrogen-bond donors (Lipinski definition) is 2. The number of benzodiazepines with no additional fused rings is 1. The number of nitrogens with one attached hydrogen (secondary N) is 2. The van der Waals surface area contributed by atoms with Gasteiger partial charge in [-0.05, 0) is 37.5 Å². The van der Waals surface area contributed by atoms with Gasteiger partial charge in [-0.3, -0.25) is 19.4 Å². The highest BCUT2D eigenvalue weighted by Crippen LogP contribution is 2.26.